The molecule has 2 aromatic carbocycles. The third-order valence-electron chi connectivity index (χ3n) is 5.69. The van der Waals surface area contributed by atoms with Crippen molar-refractivity contribution in [1.29, 1.82) is 0 Å². The van der Waals surface area contributed by atoms with Gasteiger partial charge >= 0.3 is 0 Å². The van der Waals surface area contributed by atoms with Crippen molar-refractivity contribution in [2.24, 2.45) is 24.3 Å². The van der Waals surface area contributed by atoms with E-state index < -0.39 is 0 Å². The first-order valence-electron chi connectivity index (χ1n) is 9.53. The summed E-state index contributed by atoms with van der Waals surface area (Å²) in [6.07, 6.45) is 0. The van der Waals surface area contributed by atoms with Gasteiger partial charge in [0.25, 0.3) is 5.56 Å². The van der Waals surface area contributed by atoms with Gasteiger partial charge in [0.2, 0.25) is 5.78 Å². The number of ketones is 1. The van der Waals surface area contributed by atoms with Gasteiger partial charge < -0.3 is 4.57 Å². The number of hydrogen-bond acceptors (Lipinski definition) is 4. The average molecular weight is 451 g/mol. The summed E-state index contributed by atoms with van der Waals surface area (Å²) in [6, 6.07) is 12.6. The van der Waals surface area contributed by atoms with E-state index in [9.17, 15) is 9.59 Å². The highest BCUT2D eigenvalue weighted by Gasteiger charge is 2.24. The maximum absolute atomic E-state index is 13.2. The molecule has 1 aliphatic heterocycles. The van der Waals surface area contributed by atoms with E-state index in [4.69, 9.17) is 23.2 Å². The zero-order valence-electron chi connectivity index (χ0n) is 16.9. The van der Waals surface area contributed by atoms with Crippen molar-refractivity contribution in [3.8, 4) is 11.1 Å². The van der Waals surface area contributed by atoms with E-state index in [-0.39, 0.29) is 11.3 Å². The predicted molar refractivity (Wildman–Crippen MR) is 126 cm³/mol. The lowest BCUT2D eigenvalue weighted by atomic mass is 10.0. The van der Waals surface area contributed by atoms with E-state index in [0.29, 0.717) is 38.2 Å². The van der Waals surface area contributed by atoms with E-state index in [0.717, 1.165) is 21.9 Å². The monoisotopic (exact) mass is 450 g/mol. The second-order valence-corrected chi connectivity index (χ2v) is 8.38. The van der Waals surface area contributed by atoms with Gasteiger partial charge in [-0.2, -0.15) is 5.10 Å². The fraction of sp³-hybridized carbons (Fsp3) is 0.130. The van der Waals surface area contributed by atoms with Crippen LogP contribution in [-0.4, -0.2) is 26.3 Å². The zero-order valence-corrected chi connectivity index (χ0v) is 18.4. The van der Waals surface area contributed by atoms with Crippen LogP contribution in [0.15, 0.2) is 57.5 Å². The summed E-state index contributed by atoms with van der Waals surface area (Å²) < 4.78 is 3.57. The summed E-state index contributed by atoms with van der Waals surface area (Å²) >= 11 is 12.4. The van der Waals surface area contributed by atoms with Crippen LogP contribution < -0.4 is 5.56 Å². The molecule has 6 nitrogen and oxygen atoms in total. The Morgan fingerprint density at radius 2 is 1.61 bits per heavy atom. The summed E-state index contributed by atoms with van der Waals surface area (Å²) in [6.45, 7) is 1.65. The van der Waals surface area contributed by atoms with Crippen LogP contribution >= 0.6 is 23.2 Å². The van der Waals surface area contributed by atoms with Gasteiger partial charge in [0.15, 0.2) is 0 Å². The van der Waals surface area contributed by atoms with Gasteiger partial charge in [-0.3, -0.25) is 14.2 Å². The van der Waals surface area contributed by atoms with Gasteiger partial charge in [0, 0.05) is 46.6 Å². The van der Waals surface area contributed by atoms with Crippen LogP contribution in [0.4, 0.5) is 0 Å². The molecule has 0 N–H and O–H groups in total. The Labute approximate surface area is 187 Å². The normalized spacial score (nSPS) is 13.9. The lowest BCUT2D eigenvalue weighted by molar-refractivity contribution is -0.107. The van der Waals surface area contributed by atoms with Crippen LogP contribution in [0.3, 0.4) is 0 Å². The molecule has 0 aliphatic carbocycles. The molecular formula is C23H16Cl2N4O2. The number of pyridine rings is 1. The Balaban J connectivity index is 1.82. The molecule has 0 amide bonds. The van der Waals surface area contributed by atoms with E-state index in [1.807, 2.05) is 35.9 Å². The van der Waals surface area contributed by atoms with Crippen LogP contribution in [0.5, 0.6) is 0 Å². The molecule has 0 fully saturated rings. The van der Waals surface area contributed by atoms with Crippen molar-refractivity contribution >= 4 is 62.3 Å². The smallest absolute Gasteiger partial charge is 0.259 e. The molecule has 31 heavy (non-hydrogen) atoms. The van der Waals surface area contributed by atoms with Crippen molar-refractivity contribution < 1.29 is 4.79 Å². The van der Waals surface area contributed by atoms with Gasteiger partial charge in [-0.25, -0.2) is 0 Å². The molecule has 4 aromatic rings. The molecule has 0 unspecified atom stereocenters. The lowest BCUT2D eigenvalue weighted by Crippen LogP contribution is -2.20. The molecule has 3 heterocycles. The first-order valence-corrected chi connectivity index (χ1v) is 10.3. The van der Waals surface area contributed by atoms with E-state index >= 15 is 0 Å². The topological polar surface area (TPSA) is 68.7 Å². The average Bonchev–Trinajstić information content (AvgIpc) is 3.22. The van der Waals surface area contributed by atoms with Gasteiger partial charge in [0.05, 0.1) is 10.5 Å². The fourth-order valence-corrected chi connectivity index (χ4v) is 4.62. The van der Waals surface area contributed by atoms with E-state index in [1.165, 1.54) is 0 Å². The number of fused-ring (bicyclic) bond motifs is 3. The minimum Gasteiger partial charge on any atom is -0.330 e. The quantitative estimate of drug-likeness (QED) is 0.441. The first kappa shape index (κ1) is 19.7. The van der Waals surface area contributed by atoms with Gasteiger partial charge in [-0.05, 0) is 37.3 Å². The Bertz CT molecular complexity index is 1570. The second kappa shape index (κ2) is 6.90. The summed E-state index contributed by atoms with van der Waals surface area (Å²) in [5, 5.41) is 10.6. The van der Waals surface area contributed by atoms with E-state index in [2.05, 4.69) is 10.2 Å². The molecule has 0 saturated carbocycles. The second-order valence-electron chi connectivity index (χ2n) is 7.54. The molecule has 2 aromatic heterocycles. The molecule has 0 radical (unpaired) electrons. The Kier molecular flexibility index (Phi) is 4.39. The maximum Gasteiger partial charge on any atom is 0.259 e. The van der Waals surface area contributed by atoms with Crippen molar-refractivity contribution in [3.05, 3.63) is 68.4 Å². The van der Waals surface area contributed by atoms with Crippen LogP contribution in [-0.2, 0) is 18.9 Å². The van der Waals surface area contributed by atoms with Gasteiger partial charge in [-0.15, -0.1) is 5.10 Å². The molecule has 154 valence electrons. The number of hydrogen-bond donors (Lipinski definition) is 0. The number of carbonyl (C=O) groups excluding carboxylic acids is 1. The minimum atomic E-state index is -0.180. The number of nitrogens with zero attached hydrogens (tertiary/aromatic N) is 4. The maximum atomic E-state index is 13.2. The van der Waals surface area contributed by atoms with Crippen LogP contribution in [0.1, 0.15) is 12.5 Å². The highest BCUT2D eigenvalue weighted by atomic mass is 35.5. The number of benzene rings is 2. The number of Topliss-reactive ketones (excluding diaryl/α,β-unsaturated/α-hetero) is 1. The van der Waals surface area contributed by atoms with Crippen molar-refractivity contribution in [3.63, 3.8) is 0 Å². The van der Waals surface area contributed by atoms with E-state index in [1.54, 1.807) is 36.7 Å². The molecule has 0 spiro atoms. The molecule has 8 heteroatoms. The SMILES string of the molecule is CC1=NN=C(c2ccc3c(c2)c2cc(-c4ccc(Cl)cc4Cl)c(=O)n(C)c2n3C)C1=O. The van der Waals surface area contributed by atoms with Crippen molar-refractivity contribution in [1.82, 2.24) is 9.13 Å². The summed E-state index contributed by atoms with van der Waals surface area (Å²) in [5.41, 5.74) is 3.99. The number of halogens is 2. The van der Waals surface area contributed by atoms with Crippen LogP contribution in [0, 0.1) is 0 Å². The third-order valence-corrected chi connectivity index (χ3v) is 6.23. The molecular weight excluding hydrogens is 435 g/mol. The summed E-state index contributed by atoms with van der Waals surface area (Å²) in [5.74, 6) is -0.180. The van der Waals surface area contributed by atoms with Gasteiger partial charge in [-0.1, -0.05) is 35.3 Å². The highest BCUT2D eigenvalue weighted by molar-refractivity contribution is 6.70. The van der Waals surface area contributed by atoms with Gasteiger partial charge in [0.1, 0.15) is 17.1 Å². The highest BCUT2D eigenvalue weighted by Crippen LogP contribution is 2.34. The Morgan fingerprint density at radius 3 is 2.29 bits per heavy atom. The zero-order chi connectivity index (χ0) is 22.0. The number of aryl methyl sites for hydroxylation is 2. The summed E-state index contributed by atoms with van der Waals surface area (Å²) in [7, 11) is 3.64. The summed E-state index contributed by atoms with van der Waals surface area (Å²) in [4.78, 5) is 25.6. The number of carbonyl (C=O) groups is 1. The fourth-order valence-electron chi connectivity index (χ4n) is 4.11. The Hall–Kier alpha value is -3.22. The molecule has 0 saturated heterocycles. The number of aromatic nitrogens is 2. The predicted octanol–water partition coefficient (Wildman–Crippen LogP) is 4.75. The Morgan fingerprint density at radius 1 is 0.839 bits per heavy atom. The third kappa shape index (κ3) is 2.86. The number of rotatable bonds is 2. The molecule has 0 atom stereocenters. The molecule has 1 aliphatic rings. The molecule has 5 rings (SSSR count). The largest absolute Gasteiger partial charge is 0.330 e. The first-order chi connectivity index (χ1) is 14.8. The van der Waals surface area contributed by atoms with Crippen LogP contribution in [0.25, 0.3) is 33.1 Å². The van der Waals surface area contributed by atoms with Crippen molar-refractivity contribution in [2.45, 2.75) is 6.92 Å². The van der Waals surface area contributed by atoms with Crippen LogP contribution in [0.2, 0.25) is 10.0 Å². The minimum absolute atomic E-state index is 0.165. The lowest BCUT2D eigenvalue weighted by Gasteiger charge is -2.09. The van der Waals surface area contributed by atoms with Crippen molar-refractivity contribution in [2.75, 3.05) is 0 Å². The standard InChI is InChI=1S/C23H16Cl2N4O2/c1-11-21(30)20(27-26-11)12-4-7-19-15(8-12)16-10-17(14-6-5-13(24)9-18(14)25)23(31)29(3)22(16)28(19)2/h4-10H,1-3H3. The molecule has 0 bridgehead atoms.